The van der Waals surface area contributed by atoms with E-state index in [2.05, 4.69) is 20.4 Å². The van der Waals surface area contributed by atoms with E-state index in [9.17, 15) is 4.79 Å². The molecule has 3 rings (SSSR count). The van der Waals surface area contributed by atoms with Crippen molar-refractivity contribution in [2.75, 3.05) is 32.8 Å². The summed E-state index contributed by atoms with van der Waals surface area (Å²) >= 11 is 6.19. The molecule has 1 N–H and O–H groups in total. The van der Waals surface area contributed by atoms with Crippen LogP contribution in [0.3, 0.4) is 0 Å². The van der Waals surface area contributed by atoms with Crippen LogP contribution < -0.4 is 5.32 Å². The fraction of sp³-hybridized carbons (Fsp3) is 0.550. The maximum Gasteiger partial charge on any atom is 0.241 e. The standard InChI is InChI=1S/C20H27ClN4O3/c1-2-27-13-5-10-22-20(26)15-8-11-25(12-9-15)14-18-23-19(24-28-18)16-6-3-4-7-17(16)21/h3-4,6-7,15H,2,5,8-14H2,1H3,(H,22,26). The van der Waals surface area contributed by atoms with Crippen molar-refractivity contribution >= 4 is 17.5 Å². The van der Waals surface area contributed by atoms with Gasteiger partial charge in [0.25, 0.3) is 0 Å². The van der Waals surface area contributed by atoms with Gasteiger partial charge in [-0.15, -0.1) is 0 Å². The quantitative estimate of drug-likeness (QED) is 0.644. The van der Waals surface area contributed by atoms with Gasteiger partial charge in [-0.3, -0.25) is 9.69 Å². The molecule has 1 aliphatic heterocycles. The maximum atomic E-state index is 12.3. The SMILES string of the molecule is CCOCCCNC(=O)C1CCN(Cc2nc(-c3ccccc3Cl)no2)CC1. The number of carbonyl (C=O) groups excluding carboxylic acids is 1. The largest absolute Gasteiger partial charge is 0.382 e. The highest BCUT2D eigenvalue weighted by Gasteiger charge is 2.25. The molecule has 0 aliphatic carbocycles. The van der Waals surface area contributed by atoms with Crippen molar-refractivity contribution in [1.82, 2.24) is 20.4 Å². The van der Waals surface area contributed by atoms with E-state index in [-0.39, 0.29) is 11.8 Å². The molecule has 0 radical (unpaired) electrons. The molecule has 0 unspecified atom stereocenters. The predicted molar refractivity (Wildman–Crippen MR) is 107 cm³/mol. The van der Waals surface area contributed by atoms with Crippen LogP contribution in [0.5, 0.6) is 0 Å². The number of piperidine rings is 1. The number of likely N-dealkylation sites (tertiary alicyclic amines) is 1. The Morgan fingerprint density at radius 3 is 2.89 bits per heavy atom. The summed E-state index contributed by atoms with van der Waals surface area (Å²) in [6.45, 7) is 6.30. The normalized spacial score (nSPS) is 15.6. The molecule has 2 heterocycles. The van der Waals surface area contributed by atoms with E-state index in [0.717, 1.165) is 37.9 Å². The lowest BCUT2D eigenvalue weighted by Gasteiger charge is -2.30. The number of hydrogen-bond acceptors (Lipinski definition) is 6. The molecule has 1 aliphatic rings. The van der Waals surface area contributed by atoms with Gasteiger partial charge in [-0.05, 0) is 51.4 Å². The van der Waals surface area contributed by atoms with Crippen LogP contribution in [0.1, 0.15) is 32.1 Å². The molecule has 1 amide bonds. The van der Waals surface area contributed by atoms with E-state index in [1.807, 2.05) is 25.1 Å². The Hall–Kier alpha value is -1.96. The molecule has 7 nitrogen and oxygen atoms in total. The summed E-state index contributed by atoms with van der Waals surface area (Å²) in [7, 11) is 0. The number of hydrogen-bond donors (Lipinski definition) is 1. The number of ether oxygens (including phenoxy) is 1. The van der Waals surface area contributed by atoms with Crippen molar-refractivity contribution in [3.05, 3.63) is 35.2 Å². The average molecular weight is 407 g/mol. The van der Waals surface area contributed by atoms with Crippen molar-refractivity contribution in [2.24, 2.45) is 5.92 Å². The molecule has 0 spiro atoms. The number of nitrogens with zero attached hydrogens (tertiary/aromatic N) is 3. The molecule has 152 valence electrons. The average Bonchev–Trinajstić information content (AvgIpc) is 3.17. The van der Waals surface area contributed by atoms with Gasteiger partial charge in [0.2, 0.25) is 17.6 Å². The summed E-state index contributed by atoms with van der Waals surface area (Å²) < 4.78 is 10.7. The first-order valence-electron chi connectivity index (χ1n) is 9.82. The fourth-order valence-electron chi connectivity index (χ4n) is 3.29. The van der Waals surface area contributed by atoms with Gasteiger partial charge in [-0.2, -0.15) is 4.98 Å². The Morgan fingerprint density at radius 1 is 1.36 bits per heavy atom. The monoisotopic (exact) mass is 406 g/mol. The van der Waals surface area contributed by atoms with Gasteiger partial charge in [0.15, 0.2) is 0 Å². The number of rotatable bonds is 9. The second-order valence-corrected chi connectivity index (χ2v) is 7.29. The van der Waals surface area contributed by atoms with Crippen molar-refractivity contribution in [3.63, 3.8) is 0 Å². The molecule has 1 aromatic carbocycles. The van der Waals surface area contributed by atoms with Gasteiger partial charge in [-0.25, -0.2) is 0 Å². The summed E-state index contributed by atoms with van der Waals surface area (Å²) in [5.74, 6) is 1.29. The molecule has 1 aromatic heterocycles. The number of nitrogens with one attached hydrogen (secondary N) is 1. The Kier molecular flexibility index (Phi) is 7.82. The Bertz CT molecular complexity index is 759. The minimum Gasteiger partial charge on any atom is -0.382 e. The second kappa shape index (κ2) is 10.5. The Labute approximate surface area is 170 Å². The number of amides is 1. The first-order chi connectivity index (χ1) is 13.7. The van der Waals surface area contributed by atoms with Crippen LogP contribution in [0, 0.1) is 5.92 Å². The number of benzene rings is 1. The zero-order chi connectivity index (χ0) is 19.8. The molecule has 0 bridgehead atoms. The molecule has 28 heavy (non-hydrogen) atoms. The van der Waals surface area contributed by atoms with E-state index in [1.165, 1.54) is 0 Å². The van der Waals surface area contributed by atoms with Crippen LogP contribution in [-0.2, 0) is 16.1 Å². The minimum absolute atomic E-state index is 0.0738. The highest BCUT2D eigenvalue weighted by molar-refractivity contribution is 6.33. The van der Waals surface area contributed by atoms with Gasteiger partial charge in [0.1, 0.15) is 0 Å². The van der Waals surface area contributed by atoms with Crippen molar-refractivity contribution in [1.29, 1.82) is 0 Å². The van der Waals surface area contributed by atoms with Crippen LogP contribution in [0.2, 0.25) is 5.02 Å². The second-order valence-electron chi connectivity index (χ2n) is 6.88. The first kappa shape index (κ1) is 20.8. The Balaban J connectivity index is 1.42. The molecule has 0 atom stereocenters. The fourth-order valence-corrected chi connectivity index (χ4v) is 3.51. The molecular weight excluding hydrogens is 380 g/mol. The smallest absolute Gasteiger partial charge is 0.241 e. The zero-order valence-corrected chi connectivity index (χ0v) is 17.0. The number of carbonyl (C=O) groups is 1. The van der Waals surface area contributed by atoms with E-state index in [1.54, 1.807) is 6.07 Å². The van der Waals surface area contributed by atoms with Gasteiger partial charge in [0, 0.05) is 31.2 Å². The van der Waals surface area contributed by atoms with Crippen LogP contribution in [0.25, 0.3) is 11.4 Å². The number of aromatic nitrogens is 2. The van der Waals surface area contributed by atoms with E-state index >= 15 is 0 Å². The summed E-state index contributed by atoms with van der Waals surface area (Å²) in [5, 5.41) is 7.65. The lowest BCUT2D eigenvalue weighted by molar-refractivity contribution is -0.126. The lowest BCUT2D eigenvalue weighted by Crippen LogP contribution is -2.40. The predicted octanol–water partition coefficient (Wildman–Crippen LogP) is 3.14. The van der Waals surface area contributed by atoms with E-state index < -0.39 is 0 Å². The van der Waals surface area contributed by atoms with Crippen molar-refractivity contribution in [2.45, 2.75) is 32.7 Å². The van der Waals surface area contributed by atoms with Crippen LogP contribution in [-0.4, -0.2) is 53.8 Å². The van der Waals surface area contributed by atoms with E-state index in [0.29, 0.717) is 43.0 Å². The molecule has 2 aromatic rings. The van der Waals surface area contributed by atoms with Crippen molar-refractivity contribution in [3.8, 4) is 11.4 Å². The summed E-state index contributed by atoms with van der Waals surface area (Å²) in [6.07, 6.45) is 2.52. The third-order valence-electron chi connectivity index (χ3n) is 4.87. The van der Waals surface area contributed by atoms with Crippen LogP contribution in [0.15, 0.2) is 28.8 Å². The summed E-state index contributed by atoms with van der Waals surface area (Å²) in [5.41, 5.74) is 0.763. The van der Waals surface area contributed by atoms with Gasteiger partial charge in [-0.1, -0.05) is 28.9 Å². The molecular formula is C20H27ClN4O3. The Morgan fingerprint density at radius 2 is 2.14 bits per heavy atom. The zero-order valence-electron chi connectivity index (χ0n) is 16.2. The summed E-state index contributed by atoms with van der Waals surface area (Å²) in [6, 6.07) is 7.44. The molecule has 0 saturated carbocycles. The van der Waals surface area contributed by atoms with E-state index in [4.69, 9.17) is 20.9 Å². The van der Waals surface area contributed by atoms with Gasteiger partial charge < -0.3 is 14.6 Å². The first-order valence-corrected chi connectivity index (χ1v) is 10.2. The highest BCUT2D eigenvalue weighted by Crippen LogP contribution is 2.25. The third-order valence-corrected chi connectivity index (χ3v) is 5.20. The highest BCUT2D eigenvalue weighted by atomic mass is 35.5. The topological polar surface area (TPSA) is 80.5 Å². The molecule has 1 saturated heterocycles. The van der Waals surface area contributed by atoms with Crippen LogP contribution in [0.4, 0.5) is 0 Å². The summed E-state index contributed by atoms with van der Waals surface area (Å²) in [4.78, 5) is 19.0. The van der Waals surface area contributed by atoms with Crippen molar-refractivity contribution < 1.29 is 14.1 Å². The molecule has 1 fully saturated rings. The van der Waals surface area contributed by atoms with Gasteiger partial charge >= 0.3 is 0 Å². The number of halogens is 1. The molecule has 8 heteroatoms. The maximum absolute atomic E-state index is 12.3. The minimum atomic E-state index is 0.0738. The lowest BCUT2D eigenvalue weighted by atomic mass is 9.96. The third kappa shape index (κ3) is 5.77. The van der Waals surface area contributed by atoms with Crippen LogP contribution >= 0.6 is 11.6 Å². The van der Waals surface area contributed by atoms with Gasteiger partial charge in [0.05, 0.1) is 11.6 Å².